The molecule has 0 N–H and O–H groups in total. The van der Waals surface area contributed by atoms with Crippen molar-refractivity contribution in [1.29, 1.82) is 0 Å². The van der Waals surface area contributed by atoms with E-state index < -0.39 is 0 Å². The van der Waals surface area contributed by atoms with Gasteiger partial charge in [-0.05, 0) is 63.8 Å². The maximum atomic E-state index is 13.4. The quantitative estimate of drug-likeness (QED) is 0.607. The Morgan fingerprint density at radius 3 is 2.30 bits per heavy atom. The van der Waals surface area contributed by atoms with Crippen molar-refractivity contribution in [3.63, 3.8) is 0 Å². The van der Waals surface area contributed by atoms with E-state index in [1.165, 1.54) is 37.8 Å². The van der Waals surface area contributed by atoms with E-state index in [9.17, 15) is 9.59 Å². The maximum Gasteiger partial charge on any atom is 0.255 e. The van der Waals surface area contributed by atoms with Crippen LogP contribution in [0.5, 0.6) is 11.5 Å². The number of rotatable bonds is 4. The van der Waals surface area contributed by atoms with Crippen LogP contribution in [0.4, 0.5) is 0 Å². The predicted molar refractivity (Wildman–Crippen MR) is 126 cm³/mol. The van der Waals surface area contributed by atoms with Gasteiger partial charge in [0.1, 0.15) is 13.2 Å². The first kappa shape index (κ1) is 22.1. The van der Waals surface area contributed by atoms with Crippen LogP contribution in [-0.4, -0.2) is 47.5 Å². The van der Waals surface area contributed by atoms with Crippen LogP contribution in [0.15, 0.2) is 24.3 Å². The molecule has 2 aliphatic heterocycles. The second-order valence-corrected chi connectivity index (χ2v) is 9.74. The second kappa shape index (κ2) is 9.24. The molecule has 1 aromatic carbocycles. The third-order valence-corrected chi connectivity index (χ3v) is 7.63. The van der Waals surface area contributed by atoms with Crippen LogP contribution in [0.25, 0.3) is 0 Å². The molecule has 2 fully saturated rings. The van der Waals surface area contributed by atoms with Crippen molar-refractivity contribution in [2.24, 2.45) is 5.92 Å². The summed E-state index contributed by atoms with van der Waals surface area (Å²) in [6.07, 6.45) is 7.67. The summed E-state index contributed by atoms with van der Waals surface area (Å²) >= 11 is 0. The molecule has 3 heterocycles. The Morgan fingerprint density at radius 1 is 0.879 bits per heavy atom. The van der Waals surface area contributed by atoms with Gasteiger partial charge in [-0.2, -0.15) is 0 Å². The molecule has 6 nitrogen and oxygen atoms in total. The van der Waals surface area contributed by atoms with Gasteiger partial charge in [0.05, 0.1) is 5.56 Å². The van der Waals surface area contributed by atoms with E-state index in [0.29, 0.717) is 62.2 Å². The number of benzene rings is 1. The zero-order valence-corrected chi connectivity index (χ0v) is 19.8. The molecular formula is C27H34N2O4. The van der Waals surface area contributed by atoms with E-state index in [1.54, 1.807) is 6.07 Å². The lowest BCUT2D eigenvalue weighted by Gasteiger charge is -2.32. The number of carbonyl (C=O) groups excluding carboxylic acids is 2. The summed E-state index contributed by atoms with van der Waals surface area (Å²) < 4.78 is 13.6. The molecule has 0 bridgehead atoms. The number of amides is 1. The Balaban J connectivity index is 1.24. The summed E-state index contributed by atoms with van der Waals surface area (Å²) in [6.45, 7) is 6.49. The van der Waals surface area contributed by atoms with Crippen LogP contribution in [0.3, 0.4) is 0 Å². The monoisotopic (exact) mass is 450 g/mol. The van der Waals surface area contributed by atoms with E-state index in [2.05, 4.69) is 24.5 Å². The molecule has 1 saturated carbocycles. The van der Waals surface area contributed by atoms with Gasteiger partial charge in [-0.3, -0.25) is 9.59 Å². The topological polar surface area (TPSA) is 60.8 Å². The number of carbonyl (C=O) groups is 2. The van der Waals surface area contributed by atoms with E-state index in [0.717, 1.165) is 11.3 Å². The molecule has 1 amide bonds. The number of likely N-dealkylation sites (tertiary alicyclic amines) is 1. The maximum absolute atomic E-state index is 13.4. The first-order valence-corrected chi connectivity index (χ1v) is 12.4. The Labute approximate surface area is 195 Å². The molecule has 3 aliphatic rings. The summed E-state index contributed by atoms with van der Waals surface area (Å²) in [5, 5.41) is 0. The molecule has 0 unspecified atom stereocenters. The van der Waals surface area contributed by atoms with Crippen LogP contribution < -0.4 is 9.47 Å². The zero-order chi connectivity index (χ0) is 22.9. The molecular weight excluding hydrogens is 416 g/mol. The molecule has 33 heavy (non-hydrogen) atoms. The fourth-order valence-corrected chi connectivity index (χ4v) is 5.84. The van der Waals surface area contributed by atoms with Crippen molar-refractivity contribution in [3.05, 3.63) is 46.8 Å². The molecule has 1 aromatic heterocycles. The standard InChI is InChI=1S/C27H34N2O4/c1-18-16-23(19(2)29(18)22-6-4-3-5-7-22)27(31)28-12-10-20(11-13-28)26(30)21-8-9-24-25(17-21)33-15-14-32-24/h8-9,16-17,20,22H,3-7,10-15H2,1-2H3. The highest BCUT2D eigenvalue weighted by Gasteiger charge is 2.31. The zero-order valence-electron chi connectivity index (χ0n) is 19.8. The number of hydrogen-bond acceptors (Lipinski definition) is 4. The number of aromatic nitrogens is 1. The predicted octanol–water partition coefficient (Wildman–Crippen LogP) is 5.12. The van der Waals surface area contributed by atoms with E-state index in [-0.39, 0.29) is 17.6 Å². The summed E-state index contributed by atoms with van der Waals surface area (Å²) in [6, 6.07) is 8.04. The van der Waals surface area contributed by atoms with Gasteiger partial charge in [-0.25, -0.2) is 0 Å². The third-order valence-electron chi connectivity index (χ3n) is 7.63. The number of ketones is 1. The third kappa shape index (κ3) is 4.28. The summed E-state index contributed by atoms with van der Waals surface area (Å²) in [5.74, 6) is 1.52. The normalized spacial score (nSPS) is 19.5. The highest BCUT2D eigenvalue weighted by molar-refractivity contribution is 5.99. The van der Waals surface area contributed by atoms with Crippen LogP contribution in [0, 0.1) is 19.8 Å². The number of Topliss-reactive ketones (excluding diaryl/α,β-unsaturated/α-hetero) is 1. The molecule has 2 aromatic rings. The first-order chi connectivity index (χ1) is 16.0. The summed E-state index contributed by atoms with van der Waals surface area (Å²) in [4.78, 5) is 28.4. The van der Waals surface area contributed by atoms with Gasteiger partial charge < -0.3 is 18.9 Å². The van der Waals surface area contributed by atoms with Gasteiger partial charge in [0.2, 0.25) is 0 Å². The molecule has 176 valence electrons. The molecule has 0 radical (unpaired) electrons. The minimum Gasteiger partial charge on any atom is -0.486 e. The van der Waals surface area contributed by atoms with Crippen LogP contribution in [0.2, 0.25) is 0 Å². The Hall–Kier alpha value is -2.76. The van der Waals surface area contributed by atoms with E-state index in [1.807, 2.05) is 17.0 Å². The molecule has 6 heteroatoms. The van der Waals surface area contributed by atoms with Crippen molar-refractivity contribution in [1.82, 2.24) is 9.47 Å². The number of fused-ring (bicyclic) bond motifs is 1. The SMILES string of the molecule is Cc1cc(C(=O)N2CCC(C(=O)c3ccc4c(c3)OCCO4)CC2)c(C)n1C1CCCCC1. The van der Waals surface area contributed by atoms with Crippen molar-refractivity contribution in [2.45, 2.75) is 64.8 Å². The van der Waals surface area contributed by atoms with Crippen LogP contribution >= 0.6 is 0 Å². The van der Waals surface area contributed by atoms with Crippen molar-refractivity contribution >= 4 is 11.7 Å². The second-order valence-electron chi connectivity index (χ2n) is 9.74. The molecule has 5 rings (SSSR count). The van der Waals surface area contributed by atoms with Crippen LogP contribution in [0.1, 0.15) is 83.1 Å². The average molecular weight is 451 g/mol. The van der Waals surface area contributed by atoms with E-state index >= 15 is 0 Å². The summed E-state index contributed by atoms with van der Waals surface area (Å²) in [5.41, 5.74) is 3.78. The van der Waals surface area contributed by atoms with Gasteiger partial charge in [0, 0.05) is 42.0 Å². The van der Waals surface area contributed by atoms with Crippen molar-refractivity contribution in [3.8, 4) is 11.5 Å². The fourth-order valence-electron chi connectivity index (χ4n) is 5.84. The lowest BCUT2D eigenvalue weighted by Crippen LogP contribution is -2.40. The minimum atomic E-state index is -0.0636. The number of ether oxygens (including phenoxy) is 2. The number of hydrogen-bond donors (Lipinski definition) is 0. The lowest BCUT2D eigenvalue weighted by molar-refractivity contribution is 0.0649. The largest absolute Gasteiger partial charge is 0.486 e. The molecule has 1 aliphatic carbocycles. The molecule has 1 saturated heterocycles. The number of piperidine rings is 1. The van der Waals surface area contributed by atoms with Crippen LogP contribution in [-0.2, 0) is 0 Å². The van der Waals surface area contributed by atoms with E-state index in [4.69, 9.17) is 9.47 Å². The summed E-state index contributed by atoms with van der Waals surface area (Å²) in [7, 11) is 0. The first-order valence-electron chi connectivity index (χ1n) is 12.4. The Kier molecular flexibility index (Phi) is 6.17. The highest BCUT2D eigenvalue weighted by atomic mass is 16.6. The smallest absolute Gasteiger partial charge is 0.255 e. The lowest BCUT2D eigenvalue weighted by atomic mass is 9.88. The molecule has 0 atom stereocenters. The van der Waals surface area contributed by atoms with Gasteiger partial charge in [-0.15, -0.1) is 0 Å². The van der Waals surface area contributed by atoms with Crippen molar-refractivity contribution < 1.29 is 19.1 Å². The average Bonchev–Trinajstić information content (AvgIpc) is 3.17. The number of aryl methyl sites for hydroxylation is 1. The van der Waals surface area contributed by atoms with Gasteiger partial charge >= 0.3 is 0 Å². The van der Waals surface area contributed by atoms with Gasteiger partial charge in [0.15, 0.2) is 17.3 Å². The van der Waals surface area contributed by atoms with Gasteiger partial charge in [-0.1, -0.05) is 19.3 Å². The highest BCUT2D eigenvalue weighted by Crippen LogP contribution is 2.34. The molecule has 0 spiro atoms. The Bertz CT molecular complexity index is 1040. The Morgan fingerprint density at radius 2 is 1.58 bits per heavy atom. The fraction of sp³-hybridized carbons (Fsp3) is 0.556. The minimum absolute atomic E-state index is 0.0636. The van der Waals surface area contributed by atoms with Crippen molar-refractivity contribution in [2.75, 3.05) is 26.3 Å². The number of nitrogens with zero attached hydrogens (tertiary/aromatic N) is 2. The van der Waals surface area contributed by atoms with Gasteiger partial charge in [0.25, 0.3) is 5.91 Å².